The second-order valence-corrected chi connectivity index (χ2v) is 4.85. The summed E-state index contributed by atoms with van der Waals surface area (Å²) in [5, 5.41) is 6.43. The predicted octanol–water partition coefficient (Wildman–Crippen LogP) is 2.09. The molecule has 0 saturated heterocycles. The lowest BCUT2D eigenvalue weighted by molar-refractivity contribution is 0.361. The van der Waals surface area contributed by atoms with Crippen LogP contribution in [0.3, 0.4) is 0 Å². The molecule has 1 aromatic heterocycles. The van der Waals surface area contributed by atoms with Crippen molar-refractivity contribution in [1.82, 2.24) is 9.97 Å². The first kappa shape index (κ1) is 12.0. The maximum Gasteiger partial charge on any atom is 0.223 e. The van der Waals surface area contributed by atoms with Gasteiger partial charge in [0.25, 0.3) is 0 Å². The van der Waals surface area contributed by atoms with Gasteiger partial charge in [-0.25, -0.2) is 0 Å². The van der Waals surface area contributed by atoms with E-state index in [1.165, 1.54) is 25.7 Å². The Bertz CT molecular complexity index is 371. The minimum Gasteiger partial charge on any atom is -0.373 e. The first-order valence-corrected chi connectivity index (χ1v) is 6.26. The number of nitrogens with two attached hydrogens (primary N) is 1. The summed E-state index contributed by atoms with van der Waals surface area (Å²) < 4.78 is 0. The van der Waals surface area contributed by atoms with Crippen LogP contribution in [-0.2, 0) is 0 Å². The molecule has 0 bridgehead atoms. The monoisotopic (exact) mass is 235 g/mol. The van der Waals surface area contributed by atoms with Gasteiger partial charge in [-0.15, -0.1) is 0 Å². The van der Waals surface area contributed by atoms with Gasteiger partial charge in [0.1, 0.15) is 11.6 Å². The van der Waals surface area contributed by atoms with E-state index >= 15 is 0 Å². The average molecular weight is 235 g/mol. The van der Waals surface area contributed by atoms with Gasteiger partial charge in [0, 0.05) is 19.2 Å². The topological polar surface area (TPSA) is 75.9 Å². The quantitative estimate of drug-likeness (QED) is 0.748. The average Bonchev–Trinajstić information content (AvgIpc) is 2.31. The van der Waals surface area contributed by atoms with E-state index in [1.807, 2.05) is 13.1 Å². The Labute approximate surface area is 102 Å². The normalized spacial score (nSPS) is 24.4. The van der Waals surface area contributed by atoms with E-state index < -0.39 is 0 Å². The van der Waals surface area contributed by atoms with Gasteiger partial charge in [-0.1, -0.05) is 6.92 Å². The van der Waals surface area contributed by atoms with Crippen molar-refractivity contribution in [2.24, 2.45) is 5.92 Å². The Morgan fingerprint density at radius 2 is 1.82 bits per heavy atom. The lowest BCUT2D eigenvalue weighted by Crippen LogP contribution is -2.25. The summed E-state index contributed by atoms with van der Waals surface area (Å²) in [5.41, 5.74) is 5.66. The number of hydrogen-bond acceptors (Lipinski definition) is 5. The molecule has 2 rings (SSSR count). The van der Waals surface area contributed by atoms with Crippen LogP contribution in [0.25, 0.3) is 0 Å². The molecule has 4 N–H and O–H groups in total. The molecular formula is C12H21N5. The van der Waals surface area contributed by atoms with Crippen LogP contribution in [0.1, 0.15) is 32.6 Å². The molecule has 0 aliphatic heterocycles. The van der Waals surface area contributed by atoms with Gasteiger partial charge in [0.2, 0.25) is 5.95 Å². The zero-order chi connectivity index (χ0) is 12.3. The number of anilines is 3. The van der Waals surface area contributed by atoms with Crippen molar-refractivity contribution < 1.29 is 0 Å². The van der Waals surface area contributed by atoms with Gasteiger partial charge in [0.15, 0.2) is 0 Å². The third kappa shape index (κ3) is 3.22. The smallest absolute Gasteiger partial charge is 0.223 e. The standard InChI is InChI=1S/C12H21N5/c1-8-3-5-9(6-4-8)15-11-7-10(14-2)16-12(13)17-11/h7-9H,3-6H2,1-2H3,(H4,13,14,15,16,17). The van der Waals surface area contributed by atoms with Gasteiger partial charge in [-0.2, -0.15) is 9.97 Å². The highest BCUT2D eigenvalue weighted by molar-refractivity contribution is 5.51. The molecule has 1 fully saturated rings. The molecule has 17 heavy (non-hydrogen) atoms. The summed E-state index contributed by atoms with van der Waals surface area (Å²) in [6.07, 6.45) is 4.99. The molecule has 5 nitrogen and oxygen atoms in total. The van der Waals surface area contributed by atoms with Crippen LogP contribution in [0.5, 0.6) is 0 Å². The maximum absolute atomic E-state index is 5.66. The van der Waals surface area contributed by atoms with Crippen LogP contribution >= 0.6 is 0 Å². The van der Waals surface area contributed by atoms with Gasteiger partial charge in [0.05, 0.1) is 0 Å². The van der Waals surface area contributed by atoms with Crippen LogP contribution < -0.4 is 16.4 Å². The van der Waals surface area contributed by atoms with Crippen molar-refractivity contribution in [3.63, 3.8) is 0 Å². The molecule has 1 saturated carbocycles. The van der Waals surface area contributed by atoms with Crippen molar-refractivity contribution in [2.75, 3.05) is 23.4 Å². The Morgan fingerprint density at radius 1 is 1.18 bits per heavy atom. The van der Waals surface area contributed by atoms with Crippen molar-refractivity contribution in [1.29, 1.82) is 0 Å². The number of nitrogens with zero attached hydrogens (tertiary/aromatic N) is 2. The van der Waals surface area contributed by atoms with Crippen molar-refractivity contribution in [3.05, 3.63) is 6.07 Å². The molecule has 0 aromatic carbocycles. The van der Waals surface area contributed by atoms with Crippen molar-refractivity contribution in [2.45, 2.75) is 38.6 Å². The fourth-order valence-corrected chi connectivity index (χ4v) is 2.28. The zero-order valence-electron chi connectivity index (χ0n) is 10.5. The Morgan fingerprint density at radius 3 is 2.47 bits per heavy atom. The van der Waals surface area contributed by atoms with E-state index in [2.05, 4.69) is 27.5 Å². The Balaban J connectivity index is 2.00. The molecule has 0 unspecified atom stereocenters. The van der Waals surface area contributed by atoms with Gasteiger partial charge in [-0.05, 0) is 31.6 Å². The molecule has 94 valence electrons. The minimum atomic E-state index is 0.309. The molecule has 5 heteroatoms. The maximum atomic E-state index is 5.66. The van der Waals surface area contributed by atoms with E-state index in [4.69, 9.17) is 5.73 Å². The molecule has 1 heterocycles. The lowest BCUT2D eigenvalue weighted by Gasteiger charge is -2.27. The summed E-state index contributed by atoms with van der Waals surface area (Å²) in [6, 6.07) is 2.42. The van der Waals surface area contributed by atoms with Crippen LogP contribution in [0, 0.1) is 5.92 Å². The van der Waals surface area contributed by atoms with E-state index in [-0.39, 0.29) is 0 Å². The molecular weight excluding hydrogens is 214 g/mol. The number of nitrogens with one attached hydrogen (secondary N) is 2. The highest BCUT2D eigenvalue weighted by Crippen LogP contribution is 2.26. The molecule has 0 spiro atoms. The van der Waals surface area contributed by atoms with Gasteiger partial charge in [-0.3, -0.25) is 0 Å². The highest BCUT2D eigenvalue weighted by Gasteiger charge is 2.18. The first-order valence-electron chi connectivity index (χ1n) is 6.26. The van der Waals surface area contributed by atoms with E-state index in [9.17, 15) is 0 Å². The van der Waals surface area contributed by atoms with E-state index in [0.29, 0.717) is 12.0 Å². The van der Waals surface area contributed by atoms with Crippen LogP contribution in [-0.4, -0.2) is 23.1 Å². The van der Waals surface area contributed by atoms with Crippen molar-refractivity contribution >= 4 is 17.6 Å². The molecule has 0 amide bonds. The minimum absolute atomic E-state index is 0.309. The summed E-state index contributed by atoms with van der Waals surface area (Å²) in [6.45, 7) is 2.32. The summed E-state index contributed by atoms with van der Waals surface area (Å²) in [4.78, 5) is 8.28. The fraction of sp³-hybridized carbons (Fsp3) is 0.667. The van der Waals surface area contributed by atoms with Crippen molar-refractivity contribution in [3.8, 4) is 0 Å². The fourth-order valence-electron chi connectivity index (χ4n) is 2.28. The van der Waals surface area contributed by atoms with Gasteiger partial charge >= 0.3 is 0 Å². The molecule has 1 aliphatic rings. The van der Waals surface area contributed by atoms with Crippen LogP contribution in [0.15, 0.2) is 6.07 Å². The molecule has 0 atom stereocenters. The SMILES string of the molecule is CNc1cc(NC2CCC(C)CC2)nc(N)n1. The molecule has 1 aliphatic carbocycles. The number of aromatic nitrogens is 2. The number of rotatable bonds is 3. The third-order valence-electron chi connectivity index (χ3n) is 3.37. The van der Waals surface area contributed by atoms with E-state index in [1.54, 1.807) is 0 Å². The van der Waals surface area contributed by atoms with E-state index in [0.717, 1.165) is 17.6 Å². The Kier molecular flexibility index (Phi) is 3.66. The summed E-state index contributed by atoms with van der Waals surface area (Å²) >= 11 is 0. The van der Waals surface area contributed by atoms with Crippen LogP contribution in [0.4, 0.5) is 17.6 Å². The zero-order valence-corrected chi connectivity index (χ0v) is 10.5. The first-order chi connectivity index (χ1) is 8.17. The largest absolute Gasteiger partial charge is 0.373 e. The molecule has 0 radical (unpaired) electrons. The Hall–Kier alpha value is -1.52. The predicted molar refractivity (Wildman–Crippen MR) is 71.0 cm³/mol. The van der Waals surface area contributed by atoms with Gasteiger partial charge < -0.3 is 16.4 Å². The number of nitrogen functional groups attached to an aromatic ring is 1. The van der Waals surface area contributed by atoms with Crippen LogP contribution in [0.2, 0.25) is 0 Å². The number of hydrogen-bond donors (Lipinski definition) is 3. The highest BCUT2D eigenvalue weighted by atomic mass is 15.1. The molecule has 1 aromatic rings. The third-order valence-corrected chi connectivity index (χ3v) is 3.37. The lowest BCUT2D eigenvalue weighted by atomic mass is 9.87. The second kappa shape index (κ2) is 5.21. The summed E-state index contributed by atoms with van der Waals surface area (Å²) in [5.74, 6) is 2.74. The second-order valence-electron chi connectivity index (χ2n) is 4.85. The summed E-state index contributed by atoms with van der Waals surface area (Å²) in [7, 11) is 1.83.